The fraction of sp³-hybridized carbons (Fsp3) is 0.500. The van der Waals surface area contributed by atoms with Crippen LogP contribution >= 0.6 is 0 Å². The molecule has 0 saturated carbocycles. The molecule has 1 saturated heterocycles. The van der Waals surface area contributed by atoms with E-state index in [1.165, 1.54) is 7.11 Å². The minimum atomic E-state index is -0.185. The second-order valence-corrected chi connectivity index (χ2v) is 5.56. The number of ether oxygens (including phenoxy) is 1. The van der Waals surface area contributed by atoms with Gasteiger partial charge in [0, 0.05) is 19.6 Å². The van der Waals surface area contributed by atoms with E-state index in [1.54, 1.807) is 0 Å². The standard InChI is InChI=1S/C16H22N2O3/c1-12-9-18(10-14(12)16(20)21-2)11-15(19)17-8-13-6-4-3-5-7-13/h3-7,12,14H,8-11H2,1-2H3,(H,17,19). The van der Waals surface area contributed by atoms with E-state index < -0.39 is 0 Å². The van der Waals surface area contributed by atoms with Gasteiger partial charge in [0.1, 0.15) is 0 Å². The van der Waals surface area contributed by atoms with Gasteiger partial charge in [0.2, 0.25) is 5.91 Å². The van der Waals surface area contributed by atoms with Crippen molar-refractivity contribution in [2.45, 2.75) is 13.5 Å². The van der Waals surface area contributed by atoms with Gasteiger partial charge in [0.15, 0.2) is 0 Å². The van der Waals surface area contributed by atoms with Gasteiger partial charge >= 0.3 is 5.97 Å². The van der Waals surface area contributed by atoms with E-state index in [-0.39, 0.29) is 23.7 Å². The second kappa shape index (κ2) is 7.22. The highest BCUT2D eigenvalue weighted by atomic mass is 16.5. The molecule has 114 valence electrons. The van der Waals surface area contributed by atoms with Crippen molar-refractivity contribution < 1.29 is 14.3 Å². The van der Waals surface area contributed by atoms with Gasteiger partial charge in [-0.2, -0.15) is 0 Å². The predicted molar refractivity (Wildman–Crippen MR) is 79.4 cm³/mol. The molecule has 2 atom stereocenters. The number of carbonyl (C=O) groups excluding carboxylic acids is 2. The molecule has 5 nitrogen and oxygen atoms in total. The van der Waals surface area contributed by atoms with E-state index in [9.17, 15) is 9.59 Å². The Kier molecular flexibility index (Phi) is 5.33. The zero-order chi connectivity index (χ0) is 15.2. The summed E-state index contributed by atoms with van der Waals surface area (Å²) in [4.78, 5) is 25.6. The molecule has 1 aliphatic heterocycles. The third kappa shape index (κ3) is 4.29. The maximum atomic E-state index is 12.0. The van der Waals surface area contributed by atoms with E-state index in [4.69, 9.17) is 4.74 Å². The van der Waals surface area contributed by atoms with Crippen LogP contribution in [-0.4, -0.2) is 43.5 Å². The van der Waals surface area contributed by atoms with Gasteiger partial charge in [0.05, 0.1) is 19.6 Å². The zero-order valence-electron chi connectivity index (χ0n) is 12.5. The molecule has 1 aliphatic rings. The Morgan fingerprint density at radius 1 is 1.29 bits per heavy atom. The minimum Gasteiger partial charge on any atom is -0.469 e. The summed E-state index contributed by atoms with van der Waals surface area (Å²) in [5, 5.41) is 2.90. The molecule has 5 heteroatoms. The number of hydrogen-bond donors (Lipinski definition) is 1. The molecule has 0 aromatic heterocycles. The lowest BCUT2D eigenvalue weighted by molar-refractivity contribution is -0.146. The fourth-order valence-electron chi connectivity index (χ4n) is 2.71. The second-order valence-electron chi connectivity index (χ2n) is 5.56. The smallest absolute Gasteiger partial charge is 0.310 e. The third-order valence-corrected chi connectivity index (χ3v) is 3.89. The first-order valence-corrected chi connectivity index (χ1v) is 7.21. The topological polar surface area (TPSA) is 58.6 Å². The third-order valence-electron chi connectivity index (χ3n) is 3.89. The Morgan fingerprint density at radius 3 is 2.67 bits per heavy atom. The summed E-state index contributed by atoms with van der Waals surface area (Å²) >= 11 is 0. The van der Waals surface area contributed by atoms with E-state index in [0.29, 0.717) is 19.6 Å². The van der Waals surface area contributed by atoms with Crippen molar-refractivity contribution in [1.29, 1.82) is 0 Å². The van der Waals surface area contributed by atoms with Gasteiger partial charge in [-0.15, -0.1) is 0 Å². The van der Waals surface area contributed by atoms with Crippen molar-refractivity contribution in [3.05, 3.63) is 35.9 Å². The molecule has 1 amide bonds. The van der Waals surface area contributed by atoms with Gasteiger partial charge in [-0.1, -0.05) is 37.3 Å². The number of nitrogens with one attached hydrogen (secondary N) is 1. The largest absolute Gasteiger partial charge is 0.469 e. The predicted octanol–water partition coefficient (Wildman–Crippen LogP) is 1.04. The molecular formula is C16H22N2O3. The number of likely N-dealkylation sites (tertiary alicyclic amines) is 1. The van der Waals surface area contributed by atoms with Crippen molar-refractivity contribution in [1.82, 2.24) is 10.2 Å². The number of methoxy groups -OCH3 is 1. The van der Waals surface area contributed by atoms with E-state index in [1.807, 2.05) is 42.2 Å². The zero-order valence-corrected chi connectivity index (χ0v) is 12.5. The lowest BCUT2D eigenvalue weighted by Gasteiger charge is -2.15. The number of rotatable bonds is 5. The number of hydrogen-bond acceptors (Lipinski definition) is 4. The van der Waals surface area contributed by atoms with E-state index in [2.05, 4.69) is 5.32 Å². The number of amides is 1. The lowest BCUT2D eigenvalue weighted by atomic mass is 9.99. The normalized spacial score (nSPS) is 22.0. The lowest BCUT2D eigenvalue weighted by Crippen LogP contribution is -2.36. The molecule has 2 unspecified atom stereocenters. The summed E-state index contributed by atoms with van der Waals surface area (Å²) in [6.07, 6.45) is 0. The molecular weight excluding hydrogens is 268 g/mol. The van der Waals surface area contributed by atoms with Gasteiger partial charge in [0.25, 0.3) is 0 Å². The molecule has 0 radical (unpaired) electrons. The fourth-order valence-corrected chi connectivity index (χ4v) is 2.71. The number of benzene rings is 1. The van der Waals surface area contributed by atoms with Crippen LogP contribution in [0.4, 0.5) is 0 Å². The highest BCUT2D eigenvalue weighted by Gasteiger charge is 2.35. The van der Waals surface area contributed by atoms with Gasteiger partial charge in [-0.3, -0.25) is 14.5 Å². The molecule has 21 heavy (non-hydrogen) atoms. The first-order valence-electron chi connectivity index (χ1n) is 7.21. The summed E-state index contributed by atoms with van der Waals surface area (Å²) in [5.74, 6) is -0.109. The highest BCUT2D eigenvalue weighted by molar-refractivity contribution is 5.78. The Labute approximate surface area is 125 Å². The Hall–Kier alpha value is -1.88. The van der Waals surface area contributed by atoms with Crippen LogP contribution in [0.3, 0.4) is 0 Å². The molecule has 0 bridgehead atoms. The number of esters is 1. The SMILES string of the molecule is COC(=O)C1CN(CC(=O)NCc2ccccc2)CC1C. The molecule has 0 aliphatic carbocycles. The molecule has 1 aromatic rings. The minimum absolute atomic E-state index is 0.0171. The van der Waals surface area contributed by atoms with Crippen molar-refractivity contribution in [3.63, 3.8) is 0 Å². The maximum Gasteiger partial charge on any atom is 0.310 e. The van der Waals surface area contributed by atoms with Crippen LogP contribution in [0.25, 0.3) is 0 Å². The quantitative estimate of drug-likeness (QED) is 0.823. The van der Waals surface area contributed by atoms with Crippen molar-refractivity contribution in [2.75, 3.05) is 26.7 Å². The molecule has 1 N–H and O–H groups in total. The molecule has 0 spiro atoms. The highest BCUT2D eigenvalue weighted by Crippen LogP contribution is 2.23. The van der Waals surface area contributed by atoms with Crippen LogP contribution in [-0.2, 0) is 20.9 Å². The van der Waals surface area contributed by atoms with Gasteiger partial charge in [-0.05, 0) is 11.5 Å². The van der Waals surface area contributed by atoms with Crippen LogP contribution < -0.4 is 5.32 Å². The van der Waals surface area contributed by atoms with Crippen LogP contribution in [0.5, 0.6) is 0 Å². The average Bonchev–Trinajstić information content (AvgIpc) is 2.86. The Morgan fingerprint density at radius 2 is 2.00 bits per heavy atom. The summed E-state index contributed by atoms with van der Waals surface area (Å²) in [5.41, 5.74) is 1.08. The monoisotopic (exact) mass is 290 g/mol. The molecule has 2 rings (SSSR count). The maximum absolute atomic E-state index is 12.0. The van der Waals surface area contributed by atoms with Crippen molar-refractivity contribution in [3.8, 4) is 0 Å². The van der Waals surface area contributed by atoms with Crippen molar-refractivity contribution >= 4 is 11.9 Å². The first kappa shape index (κ1) is 15.5. The average molecular weight is 290 g/mol. The summed E-state index contributed by atoms with van der Waals surface area (Å²) < 4.78 is 4.80. The Balaban J connectivity index is 1.77. The van der Waals surface area contributed by atoms with Crippen molar-refractivity contribution in [2.24, 2.45) is 11.8 Å². The van der Waals surface area contributed by atoms with Crippen LogP contribution in [0.15, 0.2) is 30.3 Å². The van der Waals surface area contributed by atoms with Gasteiger partial charge < -0.3 is 10.1 Å². The summed E-state index contributed by atoms with van der Waals surface area (Å²) in [7, 11) is 1.41. The molecule has 1 aromatic carbocycles. The first-order chi connectivity index (χ1) is 10.1. The van der Waals surface area contributed by atoms with E-state index in [0.717, 1.165) is 12.1 Å². The van der Waals surface area contributed by atoms with Crippen LogP contribution in [0.1, 0.15) is 12.5 Å². The van der Waals surface area contributed by atoms with Gasteiger partial charge in [-0.25, -0.2) is 0 Å². The van der Waals surface area contributed by atoms with E-state index >= 15 is 0 Å². The summed E-state index contributed by atoms with van der Waals surface area (Å²) in [6.45, 7) is 4.21. The number of carbonyl (C=O) groups is 2. The van der Waals surface area contributed by atoms with Crippen LogP contribution in [0.2, 0.25) is 0 Å². The number of nitrogens with zero attached hydrogens (tertiary/aromatic N) is 1. The summed E-state index contributed by atoms with van der Waals surface area (Å²) in [6, 6.07) is 9.80. The van der Waals surface area contributed by atoms with Crippen LogP contribution in [0, 0.1) is 11.8 Å². The molecule has 1 fully saturated rings. The molecule has 1 heterocycles. The Bertz CT molecular complexity index is 490.